The summed E-state index contributed by atoms with van der Waals surface area (Å²) in [5.74, 6) is 0.720. The van der Waals surface area contributed by atoms with Gasteiger partial charge < -0.3 is 5.11 Å². The fourth-order valence-corrected chi connectivity index (χ4v) is 1.82. The Morgan fingerprint density at radius 2 is 2.36 bits per heavy atom. The molecule has 0 aliphatic heterocycles. The van der Waals surface area contributed by atoms with E-state index in [-0.39, 0.29) is 0 Å². The molecule has 1 nitrogen and oxygen atoms in total. The highest BCUT2D eigenvalue weighted by Crippen LogP contribution is 2.43. The molecule has 0 fully saturated rings. The molecule has 0 bridgehead atoms. The summed E-state index contributed by atoms with van der Waals surface area (Å²) in [5, 5.41) is 9.96. The van der Waals surface area contributed by atoms with E-state index in [4.69, 9.17) is 0 Å². The van der Waals surface area contributed by atoms with Crippen molar-refractivity contribution in [2.45, 2.75) is 19.4 Å². The summed E-state index contributed by atoms with van der Waals surface area (Å²) in [4.78, 5) is 0. The van der Waals surface area contributed by atoms with Crippen molar-refractivity contribution in [2.24, 2.45) is 11.8 Å². The van der Waals surface area contributed by atoms with E-state index in [1.165, 1.54) is 0 Å². The minimum absolute atomic E-state index is 0.295. The number of aliphatic hydroxyl groups is 1. The molecule has 2 aliphatic carbocycles. The van der Waals surface area contributed by atoms with Crippen LogP contribution < -0.4 is 0 Å². The molecule has 0 aromatic heterocycles. The van der Waals surface area contributed by atoms with Gasteiger partial charge in [-0.25, -0.2) is 0 Å². The molecule has 2 aliphatic rings. The summed E-state index contributed by atoms with van der Waals surface area (Å²) >= 11 is 0. The Hall–Kier alpha value is -0.780. The van der Waals surface area contributed by atoms with Crippen LogP contribution in [0.5, 0.6) is 0 Å². The van der Waals surface area contributed by atoms with E-state index in [0.717, 1.165) is 5.57 Å². The van der Waals surface area contributed by atoms with E-state index in [1.54, 1.807) is 0 Å². The van der Waals surface area contributed by atoms with E-state index in [9.17, 15) is 5.11 Å². The van der Waals surface area contributed by atoms with Crippen LogP contribution in [0.2, 0.25) is 0 Å². The molecule has 3 atom stereocenters. The number of hydrogen-bond acceptors (Lipinski definition) is 1. The summed E-state index contributed by atoms with van der Waals surface area (Å²) in [6.45, 7) is 4.04. The Kier molecular flexibility index (Phi) is 1.18. The minimum Gasteiger partial charge on any atom is -0.380 e. The molecule has 2 rings (SSSR count). The SMILES string of the molecule is CC1=C=CC(C)[C@@H]2C=CC12O. The molecule has 2 unspecified atom stereocenters. The molecular formula is C10H12O. The zero-order valence-corrected chi connectivity index (χ0v) is 6.83. The lowest BCUT2D eigenvalue weighted by Gasteiger charge is -2.43. The van der Waals surface area contributed by atoms with Crippen LogP contribution in [0.25, 0.3) is 0 Å². The van der Waals surface area contributed by atoms with Crippen molar-refractivity contribution in [3.05, 3.63) is 29.5 Å². The Balaban J connectivity index is 2.50. The molecule has 0 saturated heterocycles. The first-order chi connectivity index (χ1) is 5.14. The summed E-state index contributed by atoms with van der Waals surface area (Å²) in [6.07, 6.45) is 5.98. The van der Waals surface area contributed by atoms with Crippen LogP contribution in [0.15, 0.2) is 29.5 Å². The molecule has 1 heteroatoms. The van der Waals surface area contributed by atoms with Gasteiger partial charge in [-0.1, -0.05) is 19.1 Å². The first kappa shape index (κ1) is 6.90. The minimum atomic E-state index is -0.659. The number of rotatable bonds is 0. The van der Waals surface area contributed by atoms with Crippen molar-refractivity contribution in [3.63, 3.8) is 0 Å². The second-order valence-corrected chi connectivity index (χ2v) is 3.51. The third-order valence-corrected chi connectivity index (χ3v) is 2.80. The Labute approximate surface area is 66.7 Å². The zero-order chi connectivity index (χ0) is 8.06. The van der Waals surface area contributed by atoms with E-state index in [0.29, 0.717) is 11.8 Å². The lowest BCUT2D eigenvalue weighted by molar-refractivity contribution is 0.0434. The Morgan fingerprint density at radius 1 is 1.64 bits per heavy atom. The van der Waals surface area contributed by atoms with Gasteiger partial charge in [0.2, 0.25) is 0 Å². The van der Waals surface area contributed by atoms with Crippen molar-refractivity contribution in [1.29, 1.82) is 0 Å². The van der Waals surface area contributed by atoms with Crippen molar-refractivity contribution < 1.29 is 5.11 Å². The van der Waals surface area contributed by atoms with Crippen molar-refractivity contribution in [3.8, 4) is 0 Å². The second kappa shape index (κ2) is 1.88. The van der Waals surface area contributed by atoms with Crippen molar-refractivity contribution in [1.82, 2.24) is 0 Å². The Morgan fingerprint density at radius 3 is 2.82 bits per heavy atom. The van der Waals surface area contributed by atoms with Gasteiger partial charge in [0.25, 0.3) is 0 Å². The van der Waals surface area contributed by atoms with E-state index in [1.807, 2.05) is 19.1 Å². The first-order valence-corrected chi connectivity index (χ1v) is 4.00. The van der Waals surface area contributed by atoms with Crippen LogP contribution in [0.4, 0.5) is 0 Å². The van der Waals surface area contributed by atoms with E-state index >= 15 is 0 Å². The number of fused-ring (bicyclic) bond motifs is 1. The van der Waals surface area contributed by atoms with Gasteiger partial charge in [-0.2, -0.15) is 0 Å². The molecule has 58 valence electrons. The fraction of sp³-hybridized carbons (Fsp3) is 0.500. The quantitative estimate of drug-likeness (QED) is 0.409. The maximum atomic E-state index is 9.96. The molecule has 0 heterocycles. The van der Waals surface area contributed by atoms with Crippen LogP contribution in [0, 0.1) is 11.8 Å². The van der Waals surface area contributed by atoms with Gasteiger partial charge in [0.05, 0.1) is 0 Å². The van der Waals surface area contributed by atoms with Gasteiger partial charge in [-0.05, 0) is 18.9 Å². The van der Waals surface area contributed by atoms with Gasteiger partial charge in [0.1, 0.15) is 5.60 Å². The topological polar surface area (TPSA) is 20.2 Å². The third-order valence-electron chi connectivity index (χ3n) is 2.80. The van der Waals surface area contributed by atoms with E-state index < -0.39 is 5.60 Å². The van der Waals surface area contributed by atoms with Crippen LogP contribution >= 0.6 is 0 Å². The monoisotopic (exact) mass is 148 g/mol. The summed E-state index contributed by atoms with van der Waals surface area (Å²) in [6, 6.07) is 0. The second-order valence-electron chi connectivity index (χ2n) is 3.51. The lowest BCUT2D eigenvalue weighted by atomic mass is 9.65. The highest BCUT2D eigenvalue weighted by molar-refractivity contribution is 5.38. The fourth-order valence-electron chi connectivity index (χ4n) is 1.82. The maximum absolute atomic E-state index is 9.96. The van der Waals surface area contributed by atoms with Crippen LogP contribution in [-0.4, -0.2) is 10.7 Å². The molecule has 11 heavy (non-hydrogen) atoms. The maximum Gasteiger partial charge on any atom is 0.118 e. The van der Waals surface area contributed by atoms with Crippen molar-refractivity contribution >= 4 is 0 Å². The molecule has 1 N–H and O–H groups in total. The average molecular weight is 148 g/mol. The highest BCUT2D eigenvalue weighted by atomic mass is 16.3. The lowest BCUT2D eigenvalue weighted by Crippen LogP contribution is -2.46. The third kappa shape index (κ3) is 0.699. The van der Waals surface area contributed by atoms with Gasteiger partial charge in [-0.15, -0.1) is 5.73 Å². The molecule has 0 spiro atoms. The molecule has 0 saturated carbocycles. The Bertz CT molecular complexity index is 281. The van der Waals surface area contributed by atoms with Crippen LogP contribution in [0.1, 0.15) is 13.8 Å². The summed E-state index contributed by atoms with van der Waals surface area (Å²) in [5.41, 5.74) is 3.38. The average Bonchev–Trinajstić information content (AvgIpc) is 1.94. The summed E-state index contributed by atoms with van der Waals surface area (Å²) in [7, 11) is 0. The molecule has 0 amide bonds. The first-order valence-electron chi connectivity index (χ1n) is 4.00. The summed E-state index contributed by atoms with van der Waals surface area (Å²) < 4.78 is 0. The smallest absolute Gasteiger partial charge is 0.118 e. The molecule has 0 radical (unpaired) electrons. The van der Waals surface area contributed by atoms with Gasteiger partial charge >= 0.3 is 0 Å². The van der Waals surface area contributed by atoms with Gasteiger partial charge in [0.15, 0.2) is 0 Å². The van der Waals surface area contributed by atoms with Gasteiger partial charge in [-0.3, -0.25) is 0 Å². The zero-order valence-electron chi connectivity index (χ0n) is 6.83. The standard InChI is InChI=1S/C10H12O/c1-7-3-4-8(2)10(11)6-5-9(7)10/h3,5-7,9,11H,1-2H3/t7?,9-,10?/m0/s1. The van der Waals surface area contributed by atoms with E-state index in [2.05, 4.69) is 18.7 Å². The predicted octanol–water partition coefficient (Wildman–Crippen LogP) is 1.65. The largest absolute Gasteiger partial charge is 0.380 e. The van der Waals surface area contributed by atoms with Gasteiger partial charge in [0, 0.05) is 11.5 Å². The van der Waals surface area contributed by atoms with Crippen LogP contribution in [-0.2, 0) is 0 Å². The molecular weight excluding hydrogens is 136 g/mol. The van der Waals surface area contributed by atoms with Crippen LogP contribution in [0.3, 0.4) is 0 Å². The molecule has 0 aromatic rings. The highest BCUT2D eigenvalue weighted by Gasteiger charge is 2.44. The predicted molar refractivity (Wildman–Crippen MR) is 44.0 cm³/mol. The molecule has 0 aromatic carbocycles. The normalized spacial score (nSPS) is 46.3. The van der Waals surface area contributed by atoms with Crippen molar-refractivity contribution in [2.75, 3.05) is 0 Å². The number of hydrogen-bond donors (Lipinski definition) is 1.